The Bertz CT molecular complexity index is 924. The normalized spacial score (nSPS) is 15.8. The average Bonchev–Trinajstić information content (AvgIpc) is 3.17. The number of aromatic nitrogens is 3. The van der Waals surface area contributed by atoms with Crippen LogP contribution in [-0.2, 0) is 0 Å². The number of hydrogen-bond acceptors (Lipinski definition) is 5. The predicted octanol–water partition coefficient (Wildman–Crippen LogP) is 1.86. The van der Waals surface area contributed by atoms with Gasteiger partial charge in [-0.05, 0) is 37.1 Å². The van der Waals surface area contributed by atoms with Gasteiger partial charge in [0.05, 0.1) is 17.7 Å². The van der Waals surface area contributed by atoms with Gasteiger partial charge in [-0.2, -0.15) is 0 Å². The van der Waals surface area contributed by atoms with Gasteiger partial charge in [0.15, 0.2) is 5.76 Å². The molecule has 0 spiro atoms. The van der Waals surface area contributed by atoms with Crippen LogP contribution in [0.4, 0.5) is 0 Å². The van der Waals surface area contributed by atoms with E-state index in [0.717, 1.165) is 0 Å². The number of piperidine rings is 1. The van der Waals surface area contributed by atoms with Crippen LogP contribution >= 0.6 is 0 Å². The van der Waals surface area contributed by atoms with Crippen LogP contribution in [0.3, 0.4) is 0 Å². The highest BCUT2D eigenvalue weighted by Gasteiger charge is 2.27. The monoisotopic (exact) mass is 324 g/mol. The first-order valence-corrected chi connectivity index (χ1v) is 7.91. The molecule has 0 unspecified atom stereocenters. The van der Waals surface area contributed by atoms with Crippen molar-refractivity contribution in [2.75, 3.05) is 13.1 Å². The smallest absolute Gasteiger partial charge is 0.289 e. The van der Waals surface area contributed by atoms with Crippen molar-refractivity contribution < 1.29 is 9.21 Å². The van der Waals surface area contributed by atoms with E-state index in [-0.39, 0.29) is 17.5 Å². The van der Waals surface area contributed by atoms with Crippen molar-refractivity contribution in [2.45, 2.75) is 18.9 Å². The van der Waals surface area contributed by atoms with Gasteiger partial charge in [0, 0.05) is 13.1 Å². The molecule has 1 aliphatic rings. The van der Waals surface area contributed by atoms with Crippen molar-refractivity contribution >= 4 is 16.8 Å². The third-order valence-electron chi connectivity index (χ3n) is 4.42. The molecule has 1 fully saturated rings. The second-order valence-electron chi connectivity index (χ2n) is 5.86. The van der Waals surface area contributed by atoms with Gasteiger partial charge in [0.1, 0.15) is 5.52 Å². The van der Waals surface area contributed by atoms with E-state index < -0.39 is 0 Å². The minimum atomic E-state index is -0.128. The maximum atomic E-state index is 12.6. The molecular weight excluding hydrogens is 308 g/mol. The second kappa shape index (κ2) is 5.92. The SMILES string of the molecule is O=C(c1ccco1)N1CCC(n2nnc3ccccc3c2=O)CC1. The molecule has 0 aliphatic carbocycles. The van der Waals surface area contributed by atoms with Gasteiger partial charge in [-0.25, -0.2) is 4.68 Å². The van der Waals surface area contributed by atoms with Gasteiger partial charge in [-0.1, -0.05) is 17.3 Å². The van der Waals surface area contributed by atoms with Gasteiger partial charge in [0.25, 0.3) is 11.5 Å². The molecule has 3 aromatic rings. The Morgan fingerprint density at radius 1 is 1.12 bits per heavy atom. The molecule has 1 aromatic carbocycles. The van der Waals surface area contributed by atoms with Crippen LogP contribution in [-0.4, -0.2) is 38.9 Å². The highest BCUT2D eigenvalue weighted by Crippen LogP contribution is 2.22. The van der Waals surface area contributed by atoms with E-state index in [1.165, 1.54) is 10.9 Å². The molecule has 24 heavy (non-hydrogen) atoms. The summed E-state index contributed by atoms with van der Waals surface area (Å²) < 4.78 is 6.61. The number of amides is 1. The zero-order chi connectivity index (χ0) is 16.5. The zero-order valence-electron chi connectivity index (χ0n) is 13.0. The molecule has 7 heteroatoms. The van der Waals surface area contributed by atoms with Crippen molar-refractivity contribution in [2.24, 2.45) is 0 Å². The fraction of sp³-hybridized carbons (Fsp3) is 0.294. The second-order valence-corrected chi connectivity index (χ2v) is 5.86. The summed E-state index contributed by atoms with van der Waals surface area (Å²) in [5.41, 5.74) is 0.473. The summed E-state index contributed by atoms with van der Waals surface area (Å²) in [7, 11) is 0. The molecule has 0 N–H and O–H groups in total. The Hall–Kier alpha value is -2.96. The van der Waals surface area contributed by atoms with E-state index >= 15 is 0 Å². The van der Waals surface area contributed by atoms with Gasteiger partial charge in [-0.15, -0.1) is 5.10 Å². The number of furan rings is 1. The molecule has 3 heterocycles. The first-order valence-electron chi connectivity index (χ1n) is 7.91. The standard InChI is InChI=1S/C17H16N4O3/c22-16-13-4-1-2-5-14(13)18-19-21(16)12-7-9-20(10-8-12)17(23)15-6-3-11-24-15/h1-6,11-12H,7-10H2. The summed E-state index contributed by atoms with van der Waals surface area (Å²) in [4.78, 5) is 26.6. The molecule has 1 amide bonds. The summed E-state index contributed by atoms with van der Waals surface area (Å²) >= 11 is 0. The van der Waals surface area contributed by atoms with Gasteiger partial charge >= 0.3 is 0 Å². The van der Waals surface area contributed by atoms with Crippen LogP contribution < -0.4 is 5.56 Å². The van der Waals surface area contributed by atoms with Crippen LogP contribution in [0.25, 0.3) is 10.9 Å². The fourth-order valence-corrected chi connectivity index (χ4v) is 3.11. The van der Waals surface area contributed by atoms with Crippen LogP contribution in [0, 0.1) is 0 Å². The lowest BCUT2D eigenvalue weighted by molar-refractivity contribution is 0.0655. The van der Waals surface area contributed by atoms with Crippen LogP contribution in [0.5, 0.6) is 0 Å². The van der Waals surface area contributed by atoms with E-state index in [1.807, 2.05) is 12.1 Å². The minimum absolute atomic E-state index is 0.0461. The number of carbonyl (C=O) groups excluding carboxylic acids is 1. The van der Waals surface area contributed by atoms with Crippen molar-refractivity contribution in [1.82, 2.24) is 19.9 Å². The zero-order valence-corrected chi connectivity index (χ0v) is 13.0. The molecule has 2 aromatic heterocycles. The lowest BCUT2D eigenvalue weighted by Gasteiger charge is -2.31. The first kappa shape index (κ1) is 14.6. The quantitative estimate of drug-likeness (QED) is 0.719. The van der Waals surface area contributed by atoms with Crippen molar-refractivity contribution in [3.63, 3.8) is 0 Å². The third kappa shape index (κ3) is 2.47. The summed E-state index contributed by atoms with van der Waals surface area (Å²) in [6, 6.07) is 10.5. The number of likely N-dealkylation sites (tertiary alicyclic amines) is 1. The van der Waals surface area contributed by atoms with E-state index in [1.54, 1.807) is 29.2 Å². The number of carbonyl (C=O) groups is 1. The molecule has 0 saturated carbocycles. The molecule has 7 nitrogen and oxygen atoms in total. The molecular formula is C17H16N4O3. The van der Waals surface area contributed by atoms with Crippen molar-refractivity contribution in [3.8, 4) is 0 Å². The number of nitrogens with zero attached hydrogens (tertiary/aromatic N) is 4. The molecule has 0 radical (unpaired) electrons. The van der Waals surface area contributed by atoms with Crippen LogP contribution in [0.2, 0.25) is 0 Å². The summed E-state index contributed by atoms with van der Waals surface area (Å²) in [6.07, 6.45) is 2.82. The Balaban J connectivity index is 1.53. The lowest BCUT2D eigenvalue weighted by atomic mass is 10.0. The molecule has 0 bridgehead atoms. The highest BCUT2D eigenvalue weighted by molar-refractivity contribution is 5.91. The van der Waals surface area contributed by atoms with Gasteiger partial charge in [0.2, 0.25) is 0 Å². The summed E-state index contributed by atoms with van der Waals surface area (Å²) in [5.74, 6) is 0.228. The minimum Gasteiger partial charge on any atom is -0.459 e. The van der Waals surface area contributed by atoms with Gasteiger partial charge < -0.3 is 9.32 Å². The molecule has 122 valence electrons. The molecule has 0 atom stereocenters. The predicted molar refractivity (Wildman–Crippen MR) is 86.7 cm³/mol. The topological polar surface area (TPSA) is 81.2 Å². The maximum absolute atomic E-state index is 12.6. The number of fused-ring (bicyclic) bond motifs is 1. The number of benzene rings is 1. The van der Waals surface area contributed by atoms with E-state index in [4.69, 9.17) is 4.42 Å². The molecule has 4 rings (SSSR count). The van der Waals surface area contributed by atoms with E-state index in [9.17, 15) is 9.59 Å². The summed E-state index contributed by atoms with van der Waals surface area (Å²) in [5, 5.41) is 8.78. The Morgan fingerprint density at radius 2 is 1.92 bits per heavy atom. The Labute approximate surface area is 137 Å². The largest absolute Gasteiger partial charge is 0.459 e. The maximum Gasteiger partial charge on any atom is 0.289 e. The molecule has 1 aliphatic heterocycles. The Morgan fingerprint density at radius 3 is 2.67 bits per heavy atom. The molecule has 1 saturated heterocycles. The third-order valence-corrected chi connectivity index (χ3v) is 4.42. The Kier molecular flexibility index (Phi) is 3.60. The van der Waals surface area contributed by atoms with Crippen molar-refractivity contribution in [3.05, 3.63) is 58.8 Å². The first-order chi connectivity index (χ1) is 11.7. The number of hydrogen-bond donors (Lipinski definition) is 0. The van der Waals surface area contributed by atoms with E-state index in [2.05, 4.69) is 10.3 Å². The average molecular weight is 324 g/mol. The van der Waals surface area contributed by atoms with Crippen LogP contribution in [0.15, 0.2) is 51.9 Å². The van der Waals surface area contributed by atoms with Crippen LogP contribution in [0.1, 0.15) is 29.4 Å². The summed E-state index contributed by atoms with van der Waals surface area (Å²) in [6.45, 7) is 1.12. The lowest BCUT2D eigenvalue weighted by Crippen LogP contribution is -2.41. The van der Waals surface area contributed by atoms with E-state index in [0.29, 0.717) is 42.6 Å². The van der Waals surface area contributed by atoms with Gasteiger partial charge in [-0.3, -0.25) is 9.59 Å². The fourth-order valence-electron chi connectivity index (χ4n) is 3.11. The highest BCUT2D eigenvalue weighted by atomic mass is 16.3. The number of rotatable bonds is 2. The van der Waals surface area contributed by atoms with Crippen molar-refractivity contribution in [1.29, 1.82) is 0 Å².